The number of amides is 1. The maximum atomic E-state index is 11.0. The summed E-state index contributed by atoms with van der Waals surface area (Å²) in [5, 5.41) is 0.382. The van der Waals surface area contributed by atoms with Crippen LogP contribution < -0.4 is 0 Å². The van der Waals surface area contributed by atoms with E-state index in [-0.39, 0.29) is 5.91 Å². The summed E-state index contributed by atoms with van der Waals surface area (Å²) in [6, 6.07) is 0.428. The van der Waals surface area contributed by atoms with Crippen molar-refractivity contribution in [3.05, 3.63) is 0 Å². The molecule has 0 bridgehead atoms. The Bertz CT molecular complexity index is 139. The number of hydrogen-bond donors (Lipinski definition) is 0. The highest BCUT2D eigenvalue weighted by Gasteiger charge is 2.29. The summed E-state index contributed by atoms with van der Waals surface area (Å²) in [7, 11) is 0. The Morgan fingerprint density at radius 1 is 1.42 bits per heavy atom. The molecule has 0 N–H and O–H groups in total. The maximum absolute atomic E-state index is 11.0. The van der Waals surface area contributed by atoms with Gasteiger partial charge in [-0.3, -0.25) is 4.79 Å². The van der Waals surface area contributed by atoms with E-state index in [1.54, 1.807) is 6.92 Å². The van der Waals surface area contributed by atoms with Crippen LogP contribution in [0.25, 0.3) is 0 Å². The summed E-state index contributed by atoms with van der Waals surface area (Å²) in [6.07, 6.45) is 0. The second kappa shape index (κ2) is 5.46. The molecule has 1 aliphatic heterocycles. The normalized spacial score (nSPS) is 27.9. The van der Waals surface area contributed by atoms with Gasteiger partial charge in [0.1, 0.15) is 0 Å². The van der Waals surface area contributed by atoms with Crippen molar-refractivity contribution in [2.24, 2.45) is 0 Å². The molecule has 0 aromatic rings. The second-order valence-corrected chi connectivity index (χ2v) is 4.06. The molecule has 1 rings (SSSR count). The lowest BCUT2D eigenvalue weighted by atomic mass is 10.3. The molecule has 0 aromatic carbocycles. The van der Waals surface area contributed by atoms with E-state index >= 15 is 0 Å². The smallest absolute Gasteiger partial charge is 0.220 e. The van der Waals surface area contributed by atoms with E-state index in [1.807, 2.05) is 30.5 Å². The molecule has 2 nitrogen and oxygen atoms in total. The van der Waals surface area contributed by atoms with Crippen molar-refractivity contribution < 1.29 is 4.79 Å². The van der Waals surface area contributed by atoms with Gasteiger partial charge in [0.15, 0.2) is 0 Å². The minimum atomic E-state index is 0.199. The number of thioether (sulfide) groups is 1. The number of carbonyl (C=O) groups excluding carboxylic acids is 1. The van der Waals surface area contributed by atoms with Crippen LogP contribution in [0.5, 0.6) is 0 Å². The van der Waals surface area contributed by atoms with Crippen LogP contribution in [-0.2, 0) is 4.79 Å². The van der Waals surface area contributed by atoms with Crippen molar-refractivity contribution >= 4 is 17.7 Å². The fraction of sp³-hybridized carbons (Fsp3) is 0.889. The second-order valence-electron chi connectivity index (χ2n) is 2.71. The van der Waals surface area contributed by atoms with Crippen molar-refractivity contribution in [2.45, 2.75) is 46.0 Å². The Balaban J connectivity index is 0.000000561. The SMILES string of the molecule is CC.CC(=O)N1C(C)CSC1C. The highest BCUT2D eigenvalue weighted by molar-refractivity contribution is 8.00. The van der Waals surface area contributed by atoms with E-state index in [9.17, 15) is 4.79 Å². The van der Waals surface area contributed by atoms with Gasteiger partial charge in [-0.15, -0.1) is 11.8 Å². The minimum absolute atomic E-state index is 0.199. The van der Waals surface area contributed by atoms with Crippen LogP contribution in [0.15, 0.2) is 0 Å². The molecular formula is C9H19NOS. The predicted octanol–water partition coefficient (Wildman–Crippen LogP) is 2.34. The molecule has 1 fully saturated rings. The largest absolute Gasteiger partial charge is 0.328 e. The van der Waals surface area contributed by atoms with Gasteiger partial charge in [-0.05, 0) is 13.8 Å². The van der Waals surface area contributed by atoms with Gasteiger partial charge in [0.05, 0.1) is 5.37 Å². The minimum Gasteiger partial charge on any atom is -0.328 e. The summed E-state index contributed by atoms with van der Waals surface area (Å²) in [5.41, 5.74) is 0. The van der Waals surface area contributed by atoms with Crippen LogP contribution in [0.2, 0.25) is 0 Å². The molecule has 12 heavy (non-hydrogen) atoms. The zero-order chi connectivity index (χ0) is 9.72. The first-order valence-electron chi connectivity index (χ1n) is 4.53. The average Bonchev–Trinajstić information content (AvgIpc) is 2.35. The molecule has 2 atom stereocenters. The molecular weight excluding hydrogens is 170 g/mol. The van der Waals surface area contributed by atoms with Gasteiger partial charge in [-0.1, -0.05) is 13.8 Å². The molecule has 1 amide bonds. The van der Waals surface area contributed by atoms with Crippen LogP contribution in [0.1, 0.15) is 34.6 Å². The standard InChI is InChI=1S/C7H13NOS.C2H6/c1-5-4-10-7(3)8(5)6(2)9;1-2/h5,7H,4H2,1-3H3;1-2H3. The van der Waals surface area contributed by atoms with Crippen LogP contribution in [-0.4, -0.2) is 28.0 Å². The van der Waals surface area contributed by atoms with Gasteiger partial charge >= 0.3 is 0 Å². The number of hydrogen-bond acceptors (Lipinski definition) is 2. The van der Waals surface area contributed by atoms with Crippen molar-refractivity contribution in [1.82, 2.24) is 4.90 Å². The van der Waals surface area contributed by atoms with E-state index in [2.05, 4.69) is 13.8 Å². The fourth-order valence-corrected chi connectivity index (χ4v) is 2.60. The van der Waals surface area contributed by atoms with Crippen LogP contribution in [0, 0.1) is 0 Å². The average molecular weight is 189 g/mol. The summed E-state index contributed by atoms with van der Waals surface area (Å²) in [6.45, 7) is 9.81. The molecule has 0 saturated carbocycles. The van der Waals surface area contributed by atoms with Crippen molar-refractivity contribution in [3.63, 3.8) is 0 Å². The van der Waals surface area contributed by atoms with E-state index in [1.165, 1.54) is 0 Å². The first-order valence-corrected chi connectivity index (χ1v) is 5.58. The van der Waals surface area contributed by atoms with Crippen LogP contribution >= 0.6 is 11.8 Å². The zero-order valence-electron chi connectivity index (χ0n) is 8.63. The van der Waals surface area contributed by atoms with E-state index < -0.39 is 0 Å². The summed E-state index contributed by atoms with van der Waals surface area (Å²) in [4.78, 5) is 12.9. The molecule has 3 heteroatoms. The molecule has 1 aliphatic rings. The van der Waals surface area contributed by atoms with E-state index in [0.717, 1.165) is 5.75 Å². The third-order valence-corrected chi connectivity index (χ3v) is 3.19. The Kier molecular flexibility index (Phi) is 5.38. The van der Waals surface area contributed by atoms with Gasteiger partial charge in [0.25, 0.3) is 0 Å². The summed E-state index contributed by atoms with van der Waals surface area (Å²) >= 11 is 1.85. The van der Waals surface area contributed by atoms with Crippen LogP contribution in [0.4, 0.5) is 0 Å². The molecule has 1 saturated heterocycles. The first kappa shape index (κ1) is 11.8. The summed E-state index contributed by atoms with van der Waals surface area (Å²) < 4.78 is 0. The molecule has 0 radical (unpaired) electrons. The van der Waals surface area contributed by atoms with Gasteiger partial charge in [0, 0.05) is 18.7 Å². The van der Waals surface area contributed by atoms with Gasteiger partial charge in [0.2, 0.25) is 5.91 Å². The van der Waals surface area contributed by atoms with Crippen molar-refractivity contribution in [3.8, 4) is 0 Å². The fourth-order valence-electron chi connectivity index (χ4n) is 1.36. The van der Waals surface area contributed by atoms with Crippen molar-refractivity contribution in [1.29, 1.82) is 0 Å². The van der Waals surface area contributed by atoms with Gasteiger partial charge < -0.3 is 4.90 Å². The summed E-state index contributed by atoms with van der Waals surface area (Å²) in [5.74, 6) is 1.28. The molecule has 2 unspecified atom stereocenters. The van der Waals surface area contributed by atoms with E-state index in [4.69, 9.17) is 0 Å². The van der Waals surface area contributed by atoms with Gasteiger partial charge in [-0.2, -0.15) is 0 Å². The number of nitrogens with zero attached hydrogens (tertiary/aromatic N) is 1. The Morgan fingerprint density at radius 2 is 1.92 bits per heavy atom. The lowest BCUT2D eigenvalue weighted by molar-refractivity contribution is -0.130. The highest BCUT2D eigenvalue weighted by Crippen LogP contribution is 2.27. The monoisotopic (exact) mass is 189 g/mol. The third-order valence-electron chi connectivity index (χ3n) is 1.81. The van der Waals surface area contributed by atoms with Gasteiger partial charge in [-0.25, -0.2) is 0 Å². The molecule has 0 aromatic heterocycles. The first-order chi connectivity index (χ1) is 5.63. The lowest BCUT2D eigenvalue weighted by Gasteiger charge is -2.22. The molecule has 0 aliphatic carbocycles. The number of rotatable bonds is 0. The highest BCUT2D eigenvalue weighted by atomic mass is 32.2. The quantitative estimate of drug-likeness (QED) is 0.583. The zero-order valence-corrected chi connectivity index (χ0v) is 9.44. The maximum Gasteiger partial charge on any atom is 0.220 e. The van der Waals surface area contributed by atoms with Crippen molar-refractivity contribution in [2.75, 3.05) is 5.75 Å². The number of carbonyl (C=O) groups is 1. The predicted molar refractivity (Wildman–Crippen MR) is 55.3 cm³/mol. The Labute approximate surface area is 79.7 Å². The van der Waals surface area contributed by atoms with Crippen LogP contribution in [0.3, 0.4) is 0 Å². The lowest BCUT2D eigenvalue weighted by Crippen LogP contribution is -2.36. The third kappa shape index (κ3) is 2.70. The molecule has 72 valence electrons. The Hall–Kier alpha value is -0.180. The Morgan fingerprint density at radius 3 is 2.08 bits per heavy atom. The molecule has 0 spiro atoms. The topological polar surface area (TPSA) is 20.3 Å². The molecule has 1 heterocycles. The van der Waals surface area contributed by atoms with E-state index in [0.29, 0.717) is 11.4 Å².